The fraction of sp³-hybridized carbons (Fsp3) is 0.615. The normalized spacial score (nSPS) is 16.0. The summed E-state index contributed by atoms with van der Waals surface area (Å²) in [5.74, 6) is 2.33. The molecule has 1 aliphatic rings. The van der Waals surface area contributed by atoms with Gasteiger partial charge in [-0.15, -0.1) is 11.5 Å². The minimum atomic E-state index is -0.152. The van der Waals surface area contributed by atoms with Gasteiger partial charge in [0.1, 0.15) is 0 Å². The van der Waals surface area contributed by atoms with Gasteiger partial charge in [0.15, 0.2) is 5.69 Å². The Kier molecular flexibility index (Phi) is 4.53. The van der Waals surface area contributed by atoms with Gasteiger partial charge in [-0.25, -0.2) is 4.68 Å². The van der Waals surface area contributed by atoms with Crippen LogP contribution in [0.15, 0.2) is 6.20 Å². The third kappa shape index (κ3) is 3.12. The smallest absolute Gasteiger partial charge is 0.276 e. The molecule has 2 heterocycles. The molecule has 0 spiro atoms. The minimum Gasteiger partial charge on any atom is -0.326 e. The number of carbonyl (C=O) groups excluding carboxylic acids is 1. The van der Waals surface area contributed by atoms with E-state index in [1.54, 1.807) is 15.8 Å². The number of amides is 1. The lowest BCUT2D eigenvalue weighted by Crippen LogP contribution is -2.31. The van der Waals surface area contributed by atoms with Crippen LogP contribution in [-0.2, 0) is 0 Å². The van der Waals surface area contributed by atoms with Crippen LogP contribution in [0.2, 0.25) is 0 Å². The molecule has 0 bridgehead atoms. The Morgan fingerprint density at radius 3 is 3.00 bits per heavy atom. The van der Waals surface area contributed by atoms with E-state index in [9.17, 15) is 4.79 Å². The lowest BCUT2D eigenvalue weighted by atomic mass is 10.1. The predicted molar refractivity (Wildman–Crippen MR) is 71.6 cm³/mol. The summed E-state index contributed by atoms with van der Waals surface area (Å²) >= 11 is 0. The SMILES string of the molecule is C#CCN(CC)C(=O)c1cn(C2CCNCC2)nn1. The van der Waals surface area contributed by atoms with Crippen LogP contribution in [0.4, 0.5) is 0 Å². The summed E-state index contributed by atoms with van der Waals surface area (Å²) in [5.41, 5.74) is 0.371. The summed E-state index contributed by atoms with van der Waals surface area (Å²) in [6.45, 7) is 4.73. The maximum Gasteiger partial charge on any atom is 0.276 e. The van der Waals surface area contributed by atoms with Crippen LogP contribution in [0.3, 0.4) is 0 Å². The fourth-order valence-corrected chi connectivity index (χ4v) is 2.22. The van der Waals surface area contributed by atoms with E-state index in [0.717, 1.165) is 25.9 Å². The van der Waals surface area contributed by atoms with Gasteiger partial charge in [0.2, 0.25) is 0 Å². The first-order valence-corrected chi connectivity index (χ1v) is 6.61. The van der Waals surface area contributed by atoms with Crippen molar-refractivity contribution in [3.8, 4) is 12.3 Å². The molecule has 0 radical (unpaired) electrons. The molecule has 0 saturated carbocycles. The largest absolute Gasteiger partial charge is 0.326 e. The average molecular weight is 261 g/mol. The lowest BCUT2D eigenvalue weighted by molar-refractivity contribution is 0.0779. The number of rotatable bonds is 4. The number of aromatic nitrogens is 3. The molecule has 0 atom stereocenters. The Morgan fingerprint density at radius 1 is 1.63 bits per heavy atom. The number of hydrogen-bond donors (Lipinski definition) is 1. The molecule has 0 unspecified atom stereocenters. The number of hydrogen-bond acceptors (Lipinski definition) is 4. The van der Waals surface area contributed by atoms with Crippen LogP contribution in [-0.4, -0.2) is 52.0 Å². The molecule has 1 N–H and O–H groups in total. The van der Waals surface area contributed by atoms with Gasteiger partial charge < -0.3 is 10.2 Å². The number of nitrogens with one attached hydrogen (secondary N) is 1. The molecule has 1 fully saturated rings. The Balaban J connectivity index is 2.07. The predicted octanol–water partition coefficient (Wildman–Crippen LogP) is 0.298. The zero-order valence-electron chi connectivity index (χ0n) is 11.2. The van der Waals surface area contributed by atoms with Crippen molar-refractivity contribution in [2.45, 2.75) is 25.8 Å². The van der Waals surface area contributed by atoms with Crippen molar-refractivity contribution in [1.82, 2.24) is 25.2 Å². The van der Waals surface area contributed by atoms with E-state index in [2.05, 4.69) is 21.5 Å². The summed E-state index contributed by atoms with van der Waals surface area (Å²) in [4.78, 5) is 13.7. The zero-order chi connectivity index (χ0) is 13.7. The van der Waals surface area contributed by atoms with Crippen molar-refractivity contribution in [1.29, 1.82) is 0 Å². The minimum absolute atomic E-state index is 0.152. The fourth-order valence-electron chi connectivity index (χ4n) is 2.22. The molecule has 0 aromatic carbocycles. The zero-order valence-corrected chi connectivity index (χ0v) is 11.2. The Morgan fingerprint density at radius 2 is 2.37 bits per heavy atom. The Hall–Kier alpha value is -1.87. The van der Waals surface area contributed by atoms with Crippen molar-refractivity contribution >= 4 is 5.91 Å². The topological polar surface area (TPSA) is 63.1 Å². The van der Waals surface area contributed by atoms with Crippen molar-refractivity contribution in [2.75, 3.05) is 26.2 Å². The molecule has 1 saturated heterocycles. The van der Waals surface area contributed by atoms with Crippen molar-refractivity contribution in [3.05, 3.63) is 11.9 Å². The van der Waals surface area contributed by atoms with Crippen LogP contribution in [0.5, 0.6) is 0 Å². The van der Waals surface area contributed by atoms with Crippen LogP contribution >= 0.6 is 0 Å². The lowest BCUT2D eigenvalue weighted by Gasteiger charge is -2.22. The van der Waals surface area contributed by atoms with E-state index in [1.165, 1.54) is 0 Å². The van der Waals surface area contributed by atoms with E-state index >= 15 is 0 Å². The molecular formula is C13H19N5O. The van der Waals surface area contributed by atoms with E-state index < -0.39 is 0 Å². The summed E-state index contributed by atoms with van der Waals surface area (Å²) in [6.07, 6.45) is 9.01. The van der Waals surface area contributed by atoms with Gasteiger partial charge in [-0.3, -0.25) is 4.79 Å². The first-order valence-electron chi connectivity index (χ1n) is 6.61. The highest BCUT2D eigenvalue weighted by Crippen LogP contribution is 2.17. The van der Waals surface area contributed by atoms with Gasteiger partial charge in [-0.1, -0.05) is 11.1 Å². The molecule has 102 valence electrons. The molecule has 2 rings (SSSR count). The second kappa shape index (κ2) is 6.34. The number of terminal acetylenes is 1. The van der Waals surface area contributed by atoms with E-state index in [-0.39, 0.29) is 5.91 Å². The molecule has 0 aliphatic carbocycles. The molecule has 1 aliphatic heterocycles. The van der Waals surface area contributed by atoms with E-state index in [0.29, 0.717) is 24.8 Å². The molecule has 1 amide bonds. The highest BCUT2D eigenvalue weighted by atomic mass is 16.2. The number of piperidine rings is 1. The molecule has 6 heteroatoms. The highest BCUT2D eigenvalue weighted by molar-refractivity contribution is 5.92. The van der Waals surface area contributed by atoms with Crippen molar-refractivity contribution in [3.63, 3.8) is 0 Å². The molecule has 1 aromatic heterocycles. The van der Waals surface area contributed by atoms with Crippen molar-refractivity contribution in [2.24, 2.45) is 0 Å². The summed E-state index contributed by atoms with van der Waals surface area (Å²) in [7, 11) is 0. The van der Waals surface area contributed by atoms with Crippen LogP contribution in [0.1, 0.15) is 36.3 Å². The quantitative estimate of drug-likeness (QED) is 0.792. The van der Waals surface area contributed by atoms with Gasteiger partial charge in [0.05, 0.1) is 18.8 Å². The van der Waals surface area contributed by atoms with E-state index in [1.807, 2.05) is 6.92 Å². The number of carbonyl (C=O) groups is 1. The monoisotopic (exact) mass is 261 g/mol. The van der Waals surface area contributed by atoms with Crippen molar-refractivity contribution < 1.29 is 4.79 Å². The second-order valence-electron chi connectivity index (χ2n) is 4.59. The maximum absolute atomic E-state index is 12.2. The summed E-state index contributed by atoms with van der Waals surface area (Å²) < 4.78 is 1.80. The van der Waals surface area contributed by atoms with Gasteiger partial charge in [-0.2, -0.15) is 0 Å². The van der Waals surface area contributed by atoms with Gasteiger partial charge in [0.25, 0.3) is 5.91 Å². The van der Waals surface area contributed by atoms with Crippen LogP contribution in [0, 0.1) is 12.3 Å². The first kappa shape index (κ1) is 13.6. The molecule has 6 nitrogen and oxygen atoms in total. The second-order valence-corrected chi connectivity index (χ2v) is 4.59. The summed E-state index contributed by atoms with van der Waals surface area (Å²) in [6, 6.07) is 0.331. The molecule has 1 aromatic rings. The third-order valence-electron chi connectivity index (χ3n) is 3.36. The standard InChI is InChI=1S/C13H19N5O/c1-3-9-17(4-2)13(19)12-10-18(16-15-12)11-5-7-14-8-6-11/h1,10-11,14H,4-9H2,2H3. The summed E-state index contributed by atoms with van der Waals surface area (Å²) in [5, 5.41) is 11.4. The molecule has 19 heavy (non-hydrogen) atoms. The van der Waals surface area contributed by atoms with Crippen LogP contribution in [0.25, 0.3) is 0 Å². The average Bonchev–Trinajstić information content (AvgIpc) is 2.95. The Labute approximate surface area is 113 Å². The van der Waals surface area contributed by atoms with Gasteiger partial charge in [-0.05, 0) is 32.9 Å². The highest BCUT2D eigenvalue weighted by Gasteiger charge is 2.21. The van der Waals surface area contributed by atoms with E-state index in [4.69, 9.17) is 6.42 Å². The van der Waals surface area contributed by atoms with Crippen LogP contribution < -0.4 is 5.32 Å². The van der Waals surface area contributed by atoms with Gasteiger partial charge >= 0.3 is 0 Å². The number of nitrogens with zero attached hydrogens (tertiary/aromatic N) is 4. The Bertz CT molecular complexity index is 470. The third-order valence-corrected chi connectivity index (χ3v) is 3.36. The molecular weight excluding hydrogens is 242 g/mol. The first-order chi connectivity index (χ1) is 9.26. The van der Waals surface area contributed by atoms with Gasteiger partial charge in [0, 0.05) is 6.54 Å². The maximum atomic E-state index is 12.2.